The minimum Gasteiger partial charge on any atom is -0.316 e. The highest BCUT2D eigenvalue weighted by atomic mass is 32.2. The van der Waals surface area contributed by atoms with E-state index in [2.05, 4.69) is 24.1 Å². The predicted octanol–water partition coefficient (Wildman–Crippen LogP) is 0.599. The van der Waals surface area contributed by atoms with Crippen molar-refractivity contribution in [1.82, 2.24) is 10.2 Å². The van der Waals surface area contributed by atoms with Crippen LogP contribution in [0.5, 0.6) is 0 Å². The van der Waals surface area contributed by atoms with Gasteiger partial charge in [-0.3, -0.25) is 0 Å². The fraction of sp³-hybridized carbons (Fsp3) is 1.00. The minimum atomic E-state index is -2.85. The van der Waals surface area contributed by atoms with E-state index in [-0.39, 0.29) is 5.75 Å². The SMILES string of the molecule is CC(C)C1(CN(C)CCS(C)(=O)=O)CCNC1. The molecule has 1 N–H and O–H groups in total. The van der Waals surface area contributed by atoms with Gasteiger partial charge in [-0.15, -0.1) is 0 Å². The van der Waals surface area contributed by atoms with Crippen LogP contribution in [-0.2, 0) is 9.84 Å². The van der Waals surface area contributed by atoms with Crippen LogP contribution in [0.4, 0.5) is 0 Å². The van der Waals surface area contributed by atoms with Crippen molar-refractivity contribution in [3.05, 3.63) is 0 Å². The van der Waals surface area contributed by atoms with Crippen LogP contribution in [0.15, 0.2) is 0 Å². The molecular formula is C12H26N2O2S. The van der Waals surface area contributed by atoms with E-state index < -0.39 is 9.84 Å². The second-order valence-electron chi connectivity index (χ2n) is 5.81. The van der Waals surface area contributed by atoms with Gasteiger partial charge in [-0.2, -0.15) is 0 Å². The Morgan fingerprint density at radius 3 is 2.47 bits per heavy atom. The molecule has 102 valence electrons. The molecule has 0 bridgehead atoms. The lowest BCUT2D eigenvalue weighted by atomic mass is 9.76. The van der Waals surface area contributed by atoms with E-state index in [1.807, 2.05) is 7.05 Å². The molecule has 1 saturated heterocycles. The van der Waals surface area contributed by atoms with E-state index in [1.54, 1.807) is 0 Å². The minimum absolute atomic E-state index is 0.255. The summed E-state index contributed by atoms with van der Waals surface area (Å²) < 4.78 is 22.3. The van der Waals surface area contributed by atoms with Gasteiger partial charge in [-0.25, -0.2) is 8.42 Å². The molecule has 0 aromatic heterocycles. The van der Waals surface area contributed by atoms with Crippen LogP contribution in [0.2, 0.25) is 0 Å². The monoisotopic (exact) mass is 262 g/mol. The molecule has 0 spiro atoms. The fourth-order valence-corrected chi connectivity index (χ4v) is 3.15. The number of hydrogen-bond donors (Lipinski definition) is 1. The summed E-state index contributed by atoms with van der Waals surface area (Å²) in [5.41, 5.74) is 0.312. The lowest BCUT2D eigenvalue weighted by Gasteiger charge is -2.36. The van der Waals surface area contributed by atoms with Gasteiger partial charge in [-0.05, 0) is 31.3 Å². The largest absolute Gasteiger partial charge is 0.316 e. The first-order valence-corrected chi connectivity index (χ1v) is 8.38. The maximum atomic E-state index is 11.1. The van der Waals surface area contributed by atoms with Crippen molar-refractivity contribution < 1.29 is 8.42 Å². The quantitative estimate of drug-likeness (QED) is 0.761. The molecule has 1 fully saturated rings. The summed E-state index contributed by atoms with van der Waals surface area (Å²) >= 11 is 0. The van der Waals surface area contributed by atoms with Crippen molar-refractivity contribution in [3.63, 3.8) is 0 Å². The van der Waals surface area contributed by atoms with Crippen LogP contribution in [0.25, 0.3) is 0 Å². The normalized spacial score (nSPS) is 26.0. The standard InChI is InChI=1S/C12H26N2O2S/c1-11(2)12(5-6-13-9-12)10-14(3)7-8-17(4,15)16/h11,13H,5-10H2,1-4H3. The Labute approximate surface area is 106 Å². The third-order valence-electron chi connectivity index (χ3n) is 3.93. The predicted molar refractivity (Wildman–Crippen MR) is 72.0 cm³/mol. The molecule has 1 rings (SSSR count). The topological polar surface area (TPSA) is 49.4 Å². The van der Waals surface area contributed by atoms with Crippen molar-refractivity contribution in [2.24, 2.45) is 11.3 Å². The van der Waals surface area contributed by atoms with Crippen LogP contribution in [0.3, 0.4) is 0 Å². The lowest BCUT2D eigenvalue weighted by molar-refractivity contribution is 0.140. The van der Waals surface area contributed by atoms with Crippen molar-refractivity contribution >= 4 is 9.84 Å². The Bertz CT molecular complexity index is 332. The number of sulfone groups is 1. The van der Waals surface area contributed by atoms with Crippen molar-refractivity contribution in [3.8, 4) is 0 Å². The van der Waals surface area contributed by atoms with Crippen LogP contribution in [0.1, 0.15) is 20.3 Å². The second kappa shape index (κ2) is 5.67. The summed E-state index contributed by atoms with van der Waals surface area (Å²) in [5.74, 6) is 0.878. The van der Waals surface area contributed by atoms with E-state index in [9.17, 15) is 8.42 Å². The summed E-state index contributed by atoms with van der Waals surface area (Å²) in [6.07, 6.45) is 2.49. The van der Waals surface area contributed by atoms with Crippen LogP contribution < -0.4 is 5.32 Å². The van der Waals surface area contributed by atoms with E-state index in [0.29, 0.717) is 17.9 Å². The second-order valence-corrected chi connectivity index (χ2v) is 8.07. The molecule has 0 radical (unpaired) electrons. The highest BCUT2D eigenvalue weighted by Crippen LogP contribution is 2.34. The van der Waals surface area contributed by atoms with Crippen molar-refractivity contribution in [2.75, 3.05) is 45.2 Å². The zero-order valence-electron chi connectivity index (χ0n) is 11.5. The molecule has 0 aromatic rings. The summed E-state index contributed by atoms with van der Waals surface area (Å²) in [7, 11) is -0.829. The van der Waals surface area contributed by atoms with Gasteiger partial charge in [0.05, 0.1) is 5.75 Å². The lowest BCUT2D eigenvalue weighted by Crippen LogP contribution is -2.42. The molecule has 1 aliphatic rings. The Balaban J connectivity index is 2.51. The Kier molecular flexibility index (Phi) is 4.98. The molecule has 0 saturated carbocycles. The van der Waals surface area contributed by atoms with Gasteiger partial charge in [0.25, 0.3) is 0 Å². The number of nitrogens with zero attached hydrogens (tertiary/aromatic N) is 1. The molecule has 1 aliphatic heterocycles. The first-order valence-electron chi connectivity index (χ1n) is 6.32. The van der Waals surface area contributed by atoms with E-state index >= 15 is 0 Å². The van der Waals surface area contributed by atoms with Gasteiger partial charge >= 0.3 is 0 Å². The van der Waals surface area contributed by atoms with Gasteiger partial charge in [0.15, 0.2) is 0 Å². The molecule has 0 amide bonds. The van der Waals surface area contributed by atoms with Gasteiger partial charge in [-0.1, -0.05) is 13.8 Å². The zero-order valence-corrected chi connectivity index (χ0v) is 12.3. The van der Waals surface area contributed by atoms with Crippen molar-refractivity contribution in [2.45, 2.75) is 20.3 Å². The Morgan fingerprint density at radius 2 is 2.06 bits per heavy atom. The molecule has 0 aromatic carbocycles. The fourth-order valence-electron chi connectivity index (χ4n) is 2.51. The molecule has 4 nitrogen and oxygen atoms in total. The summed E-state index contributed by atoms with van der Waals surface area (Å²) in [6, 6.07) is 0. The van der Waals surface area contributed by atoms with Crippen LogP contribution in [0, 0.1) is 11.3 Å². The molecular weight excluding hydrogens is 236 g/mol. The summed E-state index contributed by atoms with van der Waals surface area (Å²) in [6.45, 7) is 8.27. The molecule has 1 unspecified atom stereocenters. The molecule has 5 heteroatoms. The van der Waals surface area contributed by atoms with Gasteiger partial charge in [0, 0.05) is 25.9 Å². The Morgan fingerprint density at radius 1 is 1.41 bits per heavy atom. The maximum absolute atomic E-state index is 11.1. The van der Waals surface area contributed by atoms with Crippen molar-refractivity contribution in [1.29, 1.82) is 0 Å². The highest BCUT2D eigenvalue weighted by molar-refractivity contribution is 7.90. The van der Waals surface area contributed by atoms with Crippen LogP contribution in [-0.4, -0.2) is 58.6 Å². The first-order chi connectivity index (χ1) is 7.75. The zero-order chi connectivity index (χ0) is 13.1. The first kappa shape index (κ1) is 14.9. The molecule has 1 atom stereocenters. The van der Waals surface area contributed by atoms with E-state index in [4.69, 9.17) is 0 Å². The summed E-state index contributed by atoms with van der Waals surface area (Å²) in [5, 5.41) is 3.43. The molecule has 0 aliphatic carbocycles. The Hall–Kier alpha value is -0.130. The average Bonchev–Trinajstić information content (AvgIpc) is 2.63. The van der Waals surface area contributed by atoms with Gasteiger partial charge in [0.2, 0.25) is 0 Å². The van der Waals surface area contributed by atoms with Gasteiger partial charge in [0.1, 0.15) is 9.84 Å². The number of hydrogen-bond acceptors (Lipinski definition) is 4. The molecule has 17 heavy (non-hydrogen) atoms. The average molecular weight is 262 g/mol. The smallest absolute Gasteiger partial charge is 0.148 e. The third kappa shape index (κ3) is 4.56. The van der Waals surface area contributed by atoms with E-state index in [0.717, 1.165) is 19.6 Å². The van der Waals surface area contributed by atoms with Crippen LogP contribution >= 0.6 is 0 Å². The number of rotatable bonds is 6. The van der Waals surface area contributed by atoms with Gasteiger partial charge < -0.3 is 10.2 Å². The number of nitrogens with one attached hydrogen (secondary N) is 1. The molecule has 1 heterocycles. The third-order valence-corrected chi connectivity index (χ3v) is 4.85. The summed E-state index contributed by atoms with van der Waals surface area (Å²) in [4.78, 5) is 2.16. The van der Waals surface area contributed by atoms with E-state index in [1.165, 1.54) is 12.7 Å². The maximum Gasteiger partial charge on any atom is 0.148 e. The highest BCUT2D eigenvalue weighted by Gasteiger charge is 2.37.